The Bertz CT molecular complexity index is 985. The van der Waals surface area contributed by atoms with Crippen molar-refractivity contribution >= 4 is 16.8 Å². The van der Waals surface area contributed by atoms with E-state index in [0.717, 1.165) is 59.9 Å². The molecule has 1 aromatic rings. The fourth-order valence-electron chi connectivity index (χ4n) is 2.90. The van der Waals surface area contributed by atoms with Gasteiger partial charge in [-0.15, -0.1) is 10.2 Å². The number of morpholine rings is 1. The van der Waals surface area contributed by atoms with Gasteiger partial charge < -0.3 is 14.1 Å². The lowest BCUT2D eigenvalue weighted by molar-refractivity contribution is -2.00. The second-order valence-electron chi connectivity index (χ2n) is 6.39. The van der Waals surface area contributed by atoms with Gasteiger partial charge in [0.15, 0.2) is 11.3 Å². The van der Waals surface area contributed by atoms with E-state index in [1.54, 1.807) is 0 Å². The number of benzene rings is 2. The van der Waals surface area contributed by atoms with Crippen molar-refractivity contribution in [2.45, 2.75) is 0 Å². The molecule has 0 aromatic heterocycles. The number of hydrogen-bond donors (Lipinski definition) is 0. The first-order valence-electron chi connectivity index (χ1n) is 8.50. The maximum Gasteiger partial charge on any atom is 0.203 e. The Labute approximate surface area is 163 Å². The molecule has 0 amide bonds. The Hall–Kier alpha value is -2.27. The van der Waals surface area contributed by atoms with Crippen molar-refractivity contribution < 1.29 is 38.0 Å². The molecule has 3 aliphatic rings. The van der Waals surface area contributed by atoms with Crippen LogP contribution in [-0.4, -0.2) is 45.4 Å². The molecular formula is C18H20ClN3O6. The number of rotatable bonds is 1. The highest BCUT2D eigenvalue weighted by Crippen LogP contribution is 2.27. The Balaban J connectivity index is 0.000000403. The normalized spacial score (nSPS) is 14.7. The van der Waals surface area contributed by atoms with Crippen LogP contribution >= 0.6 is 0 Å². The van der Waals surface area contributed by atoms with Crippen molar-refractivity contribution in [2.24, 2.45) is 0 Å². The quantitative estimate of drug-likeness (QED) is 0.307. The van der Waals surface area contributed by atoms with Crippen molar-refractivity contribution in [3.05, 3.63) is 41.8 Å². The van der Waals surface area contributed by atoms with Crippen LogP contribution in [0.4, 0.5) is 5.69 Å². The van der Waals surface area contributed by atoms with Crippen LogP contribution in [0.15, 0.2) is 40.8 Å². The van der Waals surface area contributed by atoms with E-state index in [9.17, 15) is 0 Å². The van der Waals surface area contributed by atoms with Crippen molar-refractivity contribution in [2.75, 3.05) is 45.3 Å². The van der Waals surface area contributed by atoms with Gasteiger partial charge in [-0.1, -0.05) is 0 Å². The van der Waals surface area contributed by atoms with Crippen molar-refractivity contribution in [3.63, 3.8) is 0 Å². The summed E-state index contributed by atoms with van der Waals surface area (Å²) in [5, 5.41) is 1.10. The molecule has 0 N–H and O–H groups in total. The van der Waals surface area contributed by atoms with Gasteiger partial charge in [-0.25, -0.2) is 28.2 Å². The molecule has 9 nitrogen and oxygen atoms in total. The van der Waals surface area contributed by atoms with Gasteiger partial charge in [-0.05, 0) is 18.2 Å². The van der Waals surface area contributed by atoms with Crippen LogP contribution in [0.25, 0.3) is 22.6 Å². The predicted octanol–water partition coefficient (Wildman–Crippen LogP) is -2.95. The molecule has 2 heterocycles. The Kier molecular flexibility index (Phi) is 6.14. The SMILES string of the molecule is C[N+](C)=c1ccc2nc3ccc(N4CCOCC4)cc3oc-2c1.[O-][Cl+3]([O-])([O-])[O-]. The number of halogens is 1. The molecule has 1 saturated heterocycles. The van der Waals surface area contributed by atoms with E-state index in [0.29, 0.717) is 0 Å². The lowest BCUT2D eigenvalue weighted by atomic mass is 10.2. The van der Waals surface area contributed by atoms with Crippen LogP contribution in [0.2, 0.25) is 0 Å². The second-order valence-corrected chi connectivity index (χ2v) is 7.15. The molecule has 0 radical (unpaired) electrons. The minimum absolute atomic E-state index is 0.775. The first-order chi connectivity index (χ1) is 13.2. The van der Waals surface area contributed by atoms with Gasteiger partial charge in [-0.3, -0.25) is 0 Å². The molecule has 0 unspecified atom stereocenters. The maximum absolute atomic E-state index is 8.49. The lowest BCUT2D eigenvalue weighted by Crippen LogP contribution is -2.68. The van der Waals surface area contributed by atoms with E-state index >= 15 is 0 Å². The summed E-state index contributed by atoms with van der Waals surface area (Å²) in [5.41, 5.74) is 3.74. The summed E-state index contributed by atoms with van der Waals surface area (Å²) in [4.78, 5) is 7.03. The Morgan fingerprint density at radius 2 is 1.68 bits per heavy atom. The summed E-state index contributed by atoms with van der Waals surface area (Å²) in [6.45, 7) is 3.38. The summed E-state index contributed by atoms with van der Waals surface area (Å²) in [6, 6.07) is 12.3. The highest BCUT2D eigenvalue weighted by atomic mass is 35.7. The van der Waals surface area contributed by atoms with Gasteiger partial charge in [0.05, 0.1) is 19.3 Å². The molecule has 1 fully saturated rings. The molecule has 0 bridgehead atoms. The molecule has 4 rings (SSSR count). The summed E-state index contributed by atoms with van der Waals surface area (Å²) in [7, 11) is -0.904. The van der Waals surface area contributed by atoms with Crippen LogP contribution in [0.5, 0.6) is 0 Å². The van der Waals surface area contributed by atoms with Gasteiger partial charge in [0, 0.05) is 30.9 Å². The first kappa shape index (κ1) is 20.5. The van der Waals surface area contributed by atoms with Crippen LogP contribution in [0.3, 0.4) is 0 Å². The molecule has 1 aliphatic carbocycles. The molecule has 10 heteroatoms. The van der Waals surface area contributed by atoms with Gasteiger partial charge in [0.2, 0.25) is 5.36 Å². The first-order valence-corrected chi connectivity index (χ1v) is 9.73. The topological polar surface area (TPSA) is 134 Å². The standard InChI is InChI=1S/C18H20N3O2.ClHO4/c1-20(2)13-3-5-15-17(11-13)23-18-12-14(4-6-16(18)19-15)21-7-9-22-10-8-21;2-1(3,4)5/h3-6,11-12H,7-10H2,1-2H3;(H,2,3,4,5)/q+1;/p-1. The second kappa shape index (κ2) is 8.39. The van der Waals surface area contributed by atoms with Crippen LogP contribution in [0, 0.1) is 10.2 Å². The largest absolute Gasteiger partial charge is 0.452 e. The van der Waals surface area contributed by atoms with E-state index in [4.69, 9.17) is 32.8 Å². The molecule has 0 atom stereocenters. The monoisotopic (exact) mass is 409 g/mol. The lowest BCUT2D eigenvalue weighted by Gasteiger charge is -2.28. The summed E-state index contributed by atoms with van der Waals surface area (Å²) in [5.74, 6) is 0.808. The van der Waals surface area contributed by atoms with Crippen molar-refractivity contribution in [3.8, 4) is 11.5 Å². The van der Waals surface area contributed by atoms with E-state index in [1.807, 2.05) is 32.3 Å². The molecule has 1 aromatic carbocycles. The highest BCUT2D eigenvalue weighted by Gasteiger charge is 2.14. The molecule has 28 heavy (non-hydrogen) atoms. The zero-order chi connectivity index (χ0) is 20.3. The molecular weight excluding hydrogens is 390 g/mol. The van der Waals surface area contributed by atoms with E-state index in [2.05, 4.69) is 27.7 Å². The number of ether oxygens (including phenoxy) is 1. The summed E-state index contributed by atoms with van der Waals surface area (Å²) in [6.07, 6.45) is 0. The van der Waals surface area contributed by atoms with Gasteiger partial charge in [-0.2, -0.15) is 0 Å². The van der Waals surface area contributed by atoms with Gasteiger partial charge in [0.25, 0.3) is 0 Å². The Morgan fingerprint density at radius 1 is 1.00 bits per heavy atom. The van der Waals surface area contributed by atoms with E-state index < -0.39 is 10.2 Å². The maximum atomic E-state index is 8.49. The zero-order valence-corrected chi connectivity index (χ0v) is 16.2. The van der Waals surface area contributed by atoms with Crippen LogP contribution in [0.1, 0.15) is 0 Å². The van der Waals surface area contributed by atoms with Gasteiger partial charge >= 0.3 is 0 Å². The highest BCUT2D eigenvalue weighted by molar-refractivity contribution is 5.80. The fourth-order valence-corrected chi connectivity index (χ4v) is 2.90. The fraction of sp³-hybridized carbons (Fsp3) is 0.333. The van der Waals surface area contributed by atoms with E-state index in [1.165, 1.54) is 0 Å². The molecule has 0 spiro atoms. The smallest absolute Gasteiger partial charge is 0.203 e. The number of hydrogen-bond acceptors (Lipinski definition) is 8. The van der Waals surface area contributed by atoms with Crippen molar-refractivity contribution in [1.82, 2.24) is 9.56 Å². The third-order valence-corrected chi connectivity index (χ3v) is 4.24. The predicted molar refractivity (Wildman–Crippen MR) is 90.8 cm³/mol. The number of anilines is 1. The summed E-state index contributed by atoms with van der Waals surface area (Å²) < 4.78 is 47.6. The molecule has 150 valence electrons. The van der Waals surface area contributed by atoms with Gasteiger partial charge in [0.1, 0.15) is 25.3 Å². The third kappa shape index (κ3) is 5.38. The third-order valence-electron chi connectivity index (χ3n) is 4.24. The minimum atomic E-state index is -4.94. The zero-order valence-electron chi connectivity index (χ0n) is 15.5. The number of aromatic nitrogens is 1. The average Bonchev–Trinajstić information content (AvgIpc) is 2.64. The minimum Gasteiger partial charge on any atom is -0.452 e. The number of fused-ring (bicyclic) bond motifs is 2. The Morgan fingerprint density at radius 3 is 2.32 bits per heavy atom. The van der Waals surface area contributed by atoms with Crippen molar-refractivity contribution in [1.29, 1.82) is 0 Å². The van der Waals surface area contributed by atoms with Crippen LogP contribution < -0.4 is 33.5 Å². The van der Waals surface area contributed by atoms with Crippen LogP contribution in [-0.2, 0) is 4.74 Å². The van der Waals surface area contributed by atoms with E-state index in [-0.39, 0.29) is 0 Å². The number of nitrogens with zero attached hydrogens (tertiary/aromatic N) is 3. The summed E-state index contributed by atoms with van der Waals surface area (Å²) >= 11 is 0. The average molecular weight is 410 g/mol. The molecule has 0 saturated carbocycles. The molecule has 2 aliphatic heterocycles.